The number of nitrogens with one attached hydrogen (secondary N) is 1. The van der Waals surface area contributed by atoms with Crippen LogP contribution in [0.5, 0.6) is 0 Å². The van der Waals surface area contributed by atoms with E-state index in [-0.39, 0.29) is 19.1 Å². The minimum Gasteiger partial charge on any atom is -0.460 e. The molecule has 0 aliphatic rings. The van der Waals surface area contributed by atoms with E-state index in [0.717, 1.165) is 5.56 Å². The minimum atomic E-state index is -0.436. The van der Waals surface area contributed by atoms with E-state index in [1.165, 1.54) is 6.92 Å². The number of carbonyl (C=O) groups excluding carboxylic acids is 2. The fourth-order valence-electron chi connectivity index (χ4n) is 0.986. The molecule has 15 heavy (non-hydrogen) atoms. The summed E-state index contributed by atoms with van der Waals surface area (Å²) in [5, 5.41) is 2.37. The predicted octanol–water partition coefficient (Wildman–Crippen LogP) is 0.866. The molecule has 0 bridgehead atoms. The van der Waals surface area contributed by atoms with Gasteiger partial charge in [-0.25, -0.2) is 0 Å². The van der Waals surface area contributed by atoms with E-state index >= 15 is 0 Å². The van der Waals surface area contributed by atoms with Gasteiger partial charge in [-0.05, 0) is 5.56 Å². The van der Waals surface area contributed by atoms with Crippen LogP contribution in [-0.4, -0.2) is 18.4 Å². The number of hydrogen-bond acceptors (Lipinski definition) is 3. The molecule has 1 N–H and O–H groups in total. The third kappa shape index (κ3) is 4.81. The average Bonchev–Trinajstić information content (AvgIpc) is 2.25. The number of hydrogen-bond donors (Lipinski definition) is 1. The lowest BCUT2D eigenvalue weighted by Gasteiger charge is -2.04. The highest BCUT2D eigenvalue weighted by atomic mass is 16.5. The summed E-state index contributed by atoms with van der Waals surface area (Å²) in [6, 6.07) is 9.37. The second-order valence-corrected chi connectivity index (χ2v) is 3.06. The van der Waals surface area contributed by atoms with Crippen molar-refractivity contribution in [3.8, 4) is 0 Å². The highest BCUT2D eigenvalue weighted by molar-refractivity contribution is 5.80. The van der Waals surface area contributed by atoms with E-state index in [1.807, 2.05) is 30.3 Å². The SMILES string of the molecule is CC(=O)NCC(=O)OCc1ccccc1. The Bertz CT molecular complexity index is 335. The third-order valence-corrected chi connectivity index (χ3v) is 1.72. The molecule has 1 amide bonds. The molecule has 4 heteroatoms. The van der Waals surface area contributed by atoms with Gasteiger partial charge in [-0.2, -0.15) is 0 Å². The van der Waals surface area contributed by atoms with Crippen molar-refractivity contribution in [1.29, 1.82) is 0 Å². The predicted molar refractivity (Wildman–Crippen MR) is 54.9 cm³/mol. The van der Waals surface area contributed by atoms with Gasteiger partial charge in [-0.15, -0.1) is 0 Å². The molecule has 0 radical (unpaired) electrons. The van der Waals surface area contributed by atoms with E-state index in [1.54, 1.807) is 0 Å². The third-order valence-electron chi connectivity index (χ3n) is 1.72. The average molecular weight is 207 g/mol. The van der Waals surface area contributed by atoms with E-state index in [4.69, 9.17) is 4.74 Å². The summed E-state index contributed by atoms with van der Waals surface area (Å²) in [7, 11) is 0. The Balaban J connectivity index is 2.26. The van der Waals surface area contributed by atoms with Crippen LogP contribution in [-0.2, 0) is 20.9 Å². The summed E-state index contributed by atoms with van der Waals surface area (Å²) in [4.78, 5) is 21.6. The maximum atomic E-state index is 11.1. The van der Waals surface area contributed by atoms with Crippen molar-refractivity contribution in [1.82, 2.24) is 5.32 Å². The zero-order valence-electron chi connectivity index (χ0n) is 8.53. The second-order valence-electron chi connectivity index (χ2n) is 3.06. The number of ether oxygens (including phenoxy) is 1. The Labute approximate surface area is 88.2 Å². The monoisotopic (exact) mass is 207 g/mol. The maximum Gasteiger partial charge on any atom is 0.325 e. The van der Waals surface area contributed by atoms with Gasteiger partial charge < -0.3 is 10.1 Å². The molecule has 0 aliphatic carbocycles. The van der Waals surface area contributed by atoms with E-state index in [0.29, 0.717) is 0 Å². The first-order valence-corrected chi connectivity index (χ1v) is 4.62. The summed E-state index contributed by atoms with van der Waals surface area (Å²) in [5.41, 5.74) is 0.925. The van der Waals surface area contributed by atoms with Crippen LogP contribution >= 0.6 is 0 Å². The quantitative estimate of drug-likeness (QED) is 0.745. The van der Waals surface area contributed by atoms with Crippen molar-refractivity contribution < 1.29 is 14.3 Å². The van der Waals surface area contributed by atoms with Crippen molar-refractivity contribution in [3.05, 3.63) is 35.9 Å². The molecule has 0 heterocycles. The van der Waals surface area contributed by atoms with E-state index in [2.05, 4.69) is 5.32 Å². The Kier molecular flexibility index (Phi) is 4.34. The molecule has 1 aromatic rings. The topological polar surface area (TPSA) is 55.4 Å². The first kappa shape index (κ1) is 11.2. The molecule has 80 valence electrons. The highest BCUT2D eigenvalue weighted by Crippen LogP contribution is 2.00. The van der Waals surface area contributed by atoms with Gasteiger partial charge in [0.1, 0.15) is 13.2 Å². The smallest absolute Gasteiger partial charge is 0.325 e. The molecular formula is C11H13NO3. The standard InChI is InChI=1S/C11H13NO3/c1-9(13)12-7-11(14)15-8-10-5-3-2-4-6-10/h2-6H,7-8H2,1H3,(H,12,13). The van der Waals surface area contributed by atoms with Crippen LogP contribution in [0.1, 0.15) is 12.5 Å². The van der Waals surface area contributed by atoms with Gasteiger partial charge in [0.25, 0.3) is 0 Å². The largest absolute Gasteiger partial charge is 0.460 e. The number of esters is 1. The van der Waals surface area contributed by atoms with Crippen LogP contribution in [0.4, 0.5) is 0 Å². The van der Waals surface area contributed by atoms with Crippen LogP contribution in [0.25, 0.3) is 0 Å². The molecule has 0 aromatic heterocycles. The highest BCUT2D eigenvalue weighted by Gasteiger charge is 2.03. The molecular weight excluding hydrogens is 194 g/mol. The van der Waals surface area contributed by atoms with Gasteiger partial charge in [0.15, 0.2) is 0 Å². The van der Waals surface area contributed by atoms with Crippen LogP contribution < -0.4 is 5.32 Å². The lowest BCUT2D eigenvalue weighted by molar-refractivity contribution is -0.145. The molecule has 0 fully saturated rings. The van der Waals surface area contributed by atoms with E-state index in [9.17, 15) is 9.59 Å². The fourth-order valence-corrected chi connectivity index (χ4v) is 0.986. The number of carbonyl (C=O) groups is 2. The molecule has 0 aliphatic heterocycles. The Hall–Kier alpha value is -1.84. The zero-order chi connectivity index (χ0) is 11.1. The Morgan fingerprint density at radius 1 is 1.27 bits per heavy atom. The van der Waals surface area contributed by atoms with Crippen molar-refractivity contribution in [2.75, 3.05) is 6.54 Å². The molecule has 0 unspecified atom stereocenters. The fraction of sp³-hybridized carbons (Fsp3) is 0.273. The van der Waals surface area contributed by atoms with Crippen LogP contribution in [0.3, 0.4) is 0 Å². The van der Waals surface area contributed by atoms with Gasteiger partial charge in [0.2, 0.25) is 5.91 Å². The lowest BCUT2D eigenvalue weighted by Crippen LogP contribution is -2.28. The summed E-state index contributed by atoms with van der Waals surface area (Å²) in [6.07, 6.45) is 0. The Morgan fingerprint density at radius 2 is 1.93 bits per heavy atom. The maximum absolute atomic E-state index is 11.1. The summed E-state index contributed by atoms with van der Waals surface area (Å²) < 4.78 is 4.92. The van der Waals surface area contributed by atoms with Crippen LogP contribution in [0.15, 0.2) is 30.3 Å². The van der Waals surface area contributed by atoms with Crippen molar-refractivity contribution in [2.24, 2.45) is 0 Å². The minimum absolute atomic E-state index is 0.0812. The van der Waals surface area contributed by atoms with Crippen LogP contribution in [0, 0.1) is 0 Å². The molecule has 0 saturated heterocycles. The molecule has 0 atom stereocenters. The Morgan fingerprint density at radius 3 is 2.53 bits per heavy atom. The van der Waals surface area contributed by atoms with Gasteiger partial charge in [0, 0.05) is 6.92 Å². The van der Waals surface area contributed by atoms with Crippen molar-refractivity contribution in [2.45, 2.75) is 13.5 Å². The lowest BCUT2D eigenvalue weighted by atomic mass is 10.2. The van der Waals surface area contributed by atoms with Gasteiger partial charge in [0.05, 0.1) is 0 Å². The molecule has 4 nitrogen and oxygen atoms in total. The number of benzene rings is 1. The first-order chi connectivity index (χ1) is 7.18. The molecule has 1 rings (SSSR count). The van der Waals surface area contributed by atoms with Gasteiger partial charge in [-0.1, -0.05) is 30.3 Å². The van der Waals surface area contributed by atoms with Crippen LogP contribution in [0.2, 0.25) is 0 Å². The van der Waals surface area contributed by atoms with Gasteiger partial charge >= 0.3 is 5.97 Å². The molecule has 1 aromatic carbocycles. The first-order valence-electron chi connectivity index (χ1n) is 4.62. The summed E-state index contributed by atoms with van der Waals surface area (Å²) in [6.45, 7) is 1.51. The van der Waals surface area contributed by atoms with Gasteiger partial charge in [-0.3, -0.25) is 9.59 Å². The molecule has 0 saturated carbocycles. The normalized spacial score (nSPS) is 9.40. The summed E-state index contributed by atoms with van der Waals surface area (Å²) >= 11 is 0. The number of amides is 1. The summed E-state index contributed by atoms with van der Waals surface area (Å²) in [5.74, 6) is -0.680. The second kappa shape index (κ2) is 5.80. The zero-order valence-corrected chi connectivity index (χ0v) is 8.53. The van der Waals surface area contributed by atoms with Crippen molar-refractivity contribution >= 4 is 11.9 Å². The van der Waals surface area contributed by atoms with E-state index < -0.39 is 5.97 Å². The van der Waals surface area contributed by atoms with Crippen molar-refractivity contribution in [3.63, 3.8) is 0 Å². The number of rotatable bonds is 4. The molecule has 0 spiro atoms.